The summed E-state index contributed by atoms with van der Waals surface area (Å²) in [4.78, 5) is 23.1. The van der Waals surface area contributed by atoms with E-state index >= 15 is 0 Å². The van der Waals surface area contributed by atoms with E-state index in [1.807, 2.05) is 0 Å². The second-order valence-corrected chi connectivity index (χ2v) is 7.88. The molecule has 0 bridgehead atoms. The third kappa shape index (κ3) is 7.16. The summed E-state index contributed by atoms with van der Waals surface area (Å²) >= 11 is 5.91. The van der Waals surface area contributed by atoms with Gasteiger partial charge in [0, 0.05) is 13.0 Å². The van der Waals surface area contributed by atoms with E-state index in [0.717, 1.165) is 6.07 Å². The quantitative estimate of drug-likeness (QED) is 0.721. The van der Waals surface area contributed by atoms with E-state index < -0.39 is 27.6 Å². The maximum Gasteiger partial charge on any atom is 0.407 e. The first-order chi connectivity index (χ1) is 10.9. The van der Waals surface area contributed by atoms with Gasteiger partial charge < -0.3 is 15.4 Å². The summed E-state index contributed by atoms with van der Waals surface area (Å²) in [5, 5.41) is 9.99. The van der Waals surface area contributed by atoms with Crippen molar-refractivity contribution in [3.63, 3.8) is 0 Å². The molecule has 134 valence electrons. The van der Waals surface area contributed by atoms with Gasteiger partial charge in [-0.2, -0.15) is 0 Å². The molecule has 8 nitrogen and oxygen atoms in total. The molecule has 0 saturated heterocycles. The standard InChI is InChI=1S/C14H20ClN3O5S/c1-14(2,3)23-13(20)17-7-6-12(19)18-11-5-4-9(8-10(11)15)24(16,21)22/h4-5,8H,6-7H2,1-3H3,(H,17,20)(H,18,19)(H2,16,21,22). The number of ether oxygens (including phenoxy) is 1. The maximum atomic E-state index is 11.8. The topological polar surface area (TPSA) is 128 Å². The van der Waals surface area contributed by atoms with Crippen LogP contribution in [0.2, 0.25) is 5.02 Å². The summed E-state index contributed by atoms with van der Waals surface area (Å²) < 4.78 is 27.4. The van der Waals surface area contributed by atoms with E-state index in [1.165, 1.54) is 12.1 Å². The minimum Gasteiger partial charge on any atom is -0.444 e. The molecule has 1 aromatic carbocycles. The van der Waals surface area contributed by atoms with E-state index in [2.05, 4.69) is 10.6 Å². The number of primary sulfonamides is 1. The fraction of sp³-hybridized carbons (Fsp3) is 0.429. The van der Waals surface area contributed by atoms with Crippen molar-refractivity contribution < 1.29 is 22.7 Å². The van der Waals surface area contributed by atoms with Crippen molar-refractivity contribution in [3.05, 3.63) is 23.2 Å². The van der Waals surface area contributed by atoms with Gasteiger partial charge in [0.05, 0.1) is 15.6 Å². The molecule has 0 aliphatic rings. The van der Waals surface area contributed by atoms with Crippen molar-refractivity contribution in [1.29, 1.82) is 0 Å². The first-order valence-electron chi connectivity index (χ1n) is 6.97. The number of amides is 2. The molecule has 0 aliphatic heterocycles. The molecule has 10 heteroatoms. The molecule has 1 aromatic rings. The van der Waals surface area contributed by atoms with Gasteiger partial charge in [-0.05, 0) is 39.0 Å². The van der Waals surface area contributed by atoms with E-state index in [-0.39, 0.29) is 28.6 Å². The zero-order valence-electron chi connectivity index (χ0n) is 13.6. The molecule has 0 unspecified atom stereocenters. The fourth-order valence-corrected chi connectivity index (χ4v) is 2.41. The number of rotatable bonds is 5. The van der Waals surface area contributed by atoms with Crippen molar-refractivity contribution in [2.45, 2.75) is 37.7 Å². The maximum absolute atomic E-state index is 11.8. The molecule has 0 aromatic heterocycles. The Labute approximate surface area is 145 Å². The Balaban J connectivity index is 2.53. The lowest BCUT2D eigenvalue weighted by Crippen LogP contribution is -2.34. The number of benzene rings is 1. The highest BCUT2D eigenvalue weighted by Gasteiger charge is 2.16. The van der Waals surface area contributed by atoms with Crippen LogP contribution in [-0.2, 0) is 19.6 Å². The minimum atomic E-state index is -3.87. The number of nitrogens with one attached hydrogen (secondary N) is 2. The van der Waals surface area contributed by atoms with Gasteiger partial charge in [-0.1, -0.05) is 11.6 Å². The Morgan fingerprint density at radius 3 is 2.42 bits per heavy atom. The van der Waals surface area contributed by atoms with Crippen LogP contribution >= 0.6 is 11.6 Å². The summed E-state index contributed by atoms with van der Waals surface area (Å²) in [5.74, 6) is -0.406. The highest BCUT2D eigenvalue weighted by atomic mass is 35.5. The third-order valence-electron chi connectivity index (χ3n) is 2.56. The fourth-order valence-electron chi connectivity index (χ4n) is 1.58. The largest absolute Gasteiger partial charge is 0.444 e. The molecule has 0 saturated carbocycles. The Morgan fingerprint density at radius 1 is 1.29 bits per heavy atom. The lowest BCUT2D eigenvalue weighted by atomic mass is 10.2. The first kappa shape index (κ1) is 20.2. The van der Waals surface area contributed by atoms with Crippen molar-refractivity contribution in [2.24, 2.45) is 5.14 Å². The third-order valence-corrected chi connectivity index (χ3v) is 3.79. The summed E-state index contributed by atoms with van der Waals surface area (Å²) in [5.41, 5.74) is -0.378. The zero-order valence-corrected chi connectivity index (χ0v) is 15.1. The number of hydrogen-bond donors (Lipinski definition) is 3. The molecule has 1 rings (SSSR count). The van der Waals surface area contributed by atoms with Crippen LogP contribution in [0, 0.1) is 0 Å². The number of alkyl carbamates (subject to hydrolysis) is 1. The Kier molecular flexibility index (Phi) is 6.58. The second kappa shape index (κ2) is 7.82. The van der Waals surface area contributed by atoms with Gasteiger partial charge in [0.25, 0.3) is 0 Å². The molecule has 4 N–H and O–H groups in total. The van der Waals surface area contributed by atoms with Gasteiger partial charge in [0.15, 0.2) is 0 Å². The van der Waals surface area contributed by atoms with Crippen LogP contribution in [0.3, 0.4) is 0 Å². The molecule has 0 fully saturated rings. The van der Waals surface area contributed by atoms with Crippen molar-refractivity contribution in [2.75, 3.05) is 11.9 Å². The van der Waals surface area contributed by atoms with Crippen molar-refractivity contribution in [1.82, 2.24) is 5.32 Å². The monoisotopic (exact) mass is 377 g/mol. The summed E-state index contributed by atoms with van der Waals surface area (Å²) in [7, 11) is -3.87. The molecule has 0 heterocycles. The van der Waals surface area contributed by atoms with E-state index in [9.17, 15) is 18.0 Å². The summed E-state index contributed by atoms with van der Waals surface area (Å²) in [6.07, 6.45) is -0.627. The Bertz CT molecular complexity index is 728. The van der Waals surface area contributed by atoms with Crippen LogP contribution in [0.15, 0.2) is 23.1 Å². The molecule has 0 atom stereocenters. The predicted molar refractivity (Wildman–Crippen MR) is 90.3 cm³/mol. The van der Waals surface area contributed by atoms with Crippen LogP contribution in [0.25, 0.3) is 0 Å². The average Bonchev–Trinajstić information content (AvgIpc) is 2.37. The van der Waals surface area contributed by atoms with Crippen LogP contribution in [0.4, 0.5) is 10.5 Å². The number of sulfonamides is 1. The van der Waals surface area contributed by atoms with Gasteiger partial charge in [0.1, 0.15) is 5.60 Å². The normalized spacial score (nSPS) is 11.7. The minimum absolute atomic E-state index is 0.00743. The number of carbonyl (C=O) groups is 2. The number of carbonyl (C=O) groups excluding carboxylic acids is 2. The van der Waals surface area contributed by atoms with E-state index in [0.29, 0.717) is 0 Å². The molecular weight excluding hydrogens is 358 g/mol. The highest BCUT2D eigenvalue weighted by Crippen LogP contribution is 2.24. The van der Waals surface area contributed by atoms with Gasteiger partial charge in [0.2, 0.25) is 15.9 Å². The van der Waals surface area contributed by atoms with E-state index in [4.69, 9.17) is 21.5 Å². The van der Waals surface area contributed by atoms with Crippen LogP contribution in [-0.4, -0.2) is 32.6 Å². The highest BCUT2D eigenvalue weighted by molar-refractivity contribution is 7.89. The SMILES string of the molecule is CC(C)(C)OC(=O)NCCC(=O)Nc1ccc(S(N)(=O)=O)cc1Cl. The summed E-state index contributed by atoms with van der Waals surface area (Å²) in [6.45, 7) is 5.26. The van der Waals surface area contributed by atoms with E-state index in [1.54, 1.807) is 20.8 Å². The molecule has 0 spiro atoms. The predicted octanol–water partition coefficient (Wildman–Crippen LogP) is 1.84. The van der Waals surface area contributed by atoms with Crippen LogP contribution < -0.4 is 15.8 Å². The van der Waals surface area contributed by atoms with Crippen molar-refractivity contribution in [3.8, 4) is 0 Å². The molecular formula is C14H20ClN3O5S. The Morgan fingerprint density at radius 2 is 1.92 bits per heavy atom. The first-order valence-corrected chi connectivity index (χ1v) is 8.90. The smallest absolute Gasteiger partial charge is 0.407 e. The summed E-state index contributed by atoms with van der Waals surface area (Å²) in [6, 6.07) is 3.71. The van der Waals surface area contributed by atoms with Crippen LogP contribution in [0.1, 0.15) is 27.2 Å². The van der Waals surface area contributed by atoms with Crippen LogP contribution in [0.5, 0.6) is 0 Å². The molecule has 0 aliphatic carbocycles. The number of halogens is 1. The second-order valence-electron chi connectivity index (χ2n) is 5.91. The number of nitrogens with two attached hydrogens (primary N) is 1. The average molecular weight is 378 g/mol. The lowest BCUT2D eigenvalue weighted by molar-refractivity contribution is -0.116. The number of anilines is 1. The van der Waals surface area contributed by atoms with Gasteiger partial charge >= 0.3 is 6.09 Å². The zero-order chi connectivity index (χ0) is 18.5. The molecule has 0 radical (unpaired) electrons. The Hall–Kier alpha value is -1.84. The number of hydrogen-bond acceptors (Lipinski definition) is 5. The van der Waals surface area contributed by atoms with Gasteiger partial charge in [-0.15, -0.1) is 0 Å². The lowest BCUT2D eigenvalue weighted by Gasteiger charge is -2.19. The molecule has 24 heavy (non-hydrogen) atoms. The van der Waals surface area contributed by atoms with Gasteiger partial charge in [-0.25, -0.2) is 18.4 Å². The van der Waals surface area contributed by atoms with Crippen molar-refractivity contribution >= 4 is 39.3 Å². The van der Waals surface area contributed by atoms with Gasteiger partial charge in [-0.3, -0.25) is 4.79 Å². The molecule has 2 amide bonds.